The number of hydrogen-bond donors (Lipinski definition) is 1. The third-order valence-corrected chi connectivity index (χ3v) is 4.63. The topological polar surface area (TPSA) is 12.0 Å². The molecule has 3 heteroatoms. The zero-order chi connectivity index (χ0) is 12.8. The van der Waals surface area contributed by atoms with Crippen LogP contribution in [-0.2, 0) is 6.54 Å². The standard InChI is InChI=1S/C15H18INS/c1-2-4-14(15-5-3-10-18-15)17-11-12-6-8-13(16)9-7-12/h3,5-10,14,17H,2,4,11H2,1H3. The summed E-state index contributed by atoms with van der Waals surface area (Å²) < 4.78 is 1.29. The molecule has 1 heterocycles. The summed E-state index contributed by atoms with van der Waals surface area (Å²) in [5, 5.41) is 5.82. The predicted octanol–water partition coefficient (Wildman–Crippen LogP) is 4.98. The van der Waals surface area contributed by atoms with Gasteiger partial charge in [-0.25, -0.2) is 0 Å². The van der Waals surface area contributed by atoms with Crippen molar-refractivity contribution < 1.29 is 0 Å². The minimum atomic E-state index is 0.495. The molecule has 1 N–H and O–H groups in total. The fourth-order valence-corrected chi connectivity index (χ4v) is 3.16. The maximum Gasteiger partial charge on any atom is 0.0417 e. The summed E-state index contributed by atoms with van der Waals surface area (Å²) in [5.41, 5.74) is 1.35. The number of benzene rings is 1. The first kappa shape index (κ1) is 14.0. The van der Waals surface area contributed by atoms with Crippen molar-refractivity contribution in [3.8, 4) is 0 Å². The Balaban J connectivity index is 1.95. The number of halogens is 1. The van der Waals surface area contributed by atoms with Gasteiger partial charge in [-0.3, -0.25) is 0 Å². The largest absolute Gasteiger partial charge is 0.305 e. The van der Waals surface area contributed by atoms with Gasteiger partial charge in [-0.05, 0) is 58.2 Å². The molecule has 1 aromatic carbocycles. The quantitative estimate of drug-likeness (QED) is 0.706. The highest BCUT2D eigenvalue weighted by Gasteiger charge is 2.10. The molecule has 0 radical (unpaired) electrons. The van der Waals surface area contributed by atoms with Crippen molar-refractivity contribution in [2.45, 2.75) is 32.4 Å². The van der Waals surface area contributed by atoms with Gasteiger partial charge in [0.2, 0.25) is 0 Å². The van der Waals surface area contributed by atoms with Crippen LogP contribution in [0.25, 0.3) is 0 Å². The molecule has 0 saturated carbocycles. The molecule has 1 nitrogen and oxygen atoms in total. The second-order valence-electron chi connectivity index (χ2n) is 4.36. The van der Waals surface area contributed by atoms with E-state index in [2.05, 4.69) is 76.6 Å². The summed E-state index contributed by atoms with van der Waals surface area (Å²) >= 11 is 4.19. The van der Waals surface area contributed by atoms with Gasteiger partial charge in [0.15, 0.2) is 0 Å². The van der Waals surface area contributed by atoms with Gasteiger partial charge in [0.25, 0.3) is 0 Å². The highest BCUT2D eigenvalue weighted by molar-refractivity contribution is 14.1. The Morgan fingerprint density at radius 3 is 2.61 bits per heavy atom. The van der Waals surface area contributed by atoms with E-state index in [-0.39, 0.29) is 0 Å². The maximum absolute atomic E-state index is 3.67. The molecule has 0 amide bonds. The van der Waals surface area contributed by atoms with Crippen molar-refractivity contribution in [1.29, 1.82) is 0 Å². The number of rotatable bonds is 6. The average Bonchev–Trinajstić information content (AvgIpc) is 2.90. The lowest BCUT2D eigenvalue weighted by Gasteiger charge is -2.16. The van der Waals surface area contributed by atoms with Gasteiger partial charge in [-0.1, -0.05) is 31.5 Å². The van der Waals surface area contributed by atoms with E-state index in [1.165, 1.54) is 26.9 Å². The number of nitrogens with one attached hydrogen (secondary N) is 1. The normalized spacial score (nSPS) is 12.6. The van der Waals surface area contributed by atoms with E-state index in [9.17, 15) is 0 Å². The van der Waals surface area contributed by atoms with Crippen LogP contribution >= 0.6 is 33.9 Å². The van der Waals surface area contributed by atoms with Crippen LogP contribution in [-0.4, -0.2) is 0 Å². The number of thiophene rings is 1. The minimum Gasteiger partial charge on any atom is -0.305 e. The molecule has 0 bridgehead atoms. The molecule has 0 aliphatic heterocycles. The summed E-state index contributed by atoms with van der Waals surface area (Å²) in [4.78, 5) is 1.45. The molecule has 0 aliphatic carbocycles. The van der Waals surface area contributed by atoms with Gasteiger partial charge in [-0.15, -0.1) is 11.3 Å². The fraction of sp³-hybridized carbons (Fsp3) is 0.333. The third-order valence-electron chi connectivity index (χ3n) is 2.93. The molecule has 2 aromatic rings. The molecule has 0 spiro atoms. The van der Waals surface area contributed by atoms with E-state index in [0.717, 1.165) is 6.54 Å². The Kier molecular flexibility index (Phi) is 5.66. The SMILES string of the molecule is CCCC(NCc1ccc(I)cc1)c1cccs1. The van der Waals surface area contributed by atoms with Crippen LogP contribution < -0.4 is 5.32 Å². The van der Waals surface area contributed by atoms with Crippen LogP contribution in [0.4, 0.5) is 0 Å². The van der Waals surface area contributed by atoms with Crippen molar-refractivity contribution in [2.24, 2.45) is 0 Å². The Morgan fingerprint density at radius 1 is 1.22 bits per heavy atom. The smallest absolute Gasteiger partial charge is 0.0417 e. The van der Waals surface area contributed by atoms with E-state index >= 15 is 0 Å². The van der Waals surface area contributed by atoms with Gasteiger partial charge in [0.1, 0.15) is 0 Å². The molecular formula is C15H18INS. The van der Waals surface area contributed by atoms with Crippen LogP contribution in [0.1, 0.15) is 36.2 Å². The van der Waals surface area contributed by atoms with Crippen LogP contribution in [0.2, 0.25) is 0 Å². The lowest BCUT2D eigenvalue weighted by molar-refractivity contribution is 0.500. The first-order valence-electron chi connectivity index (χ1n) is 6.31. The Bertz CT molecular complexity index is 450. The van der Waals surface area contributed by atoms with E-state index in [0.29, 0.717) is 6.04 Å². The third kappa shape index (κ3) is 4.07. The lowest BCUT2D eigenvalue weighted by atomic mass is 10.1. The van der Waals surface area contributed by atoms with Crippen molar-refractivity contribution in [3.63, 3.8) is 0 Å². The Morgan fingerprint density at radius 2 is 2.00 bits per heavy atom. The molecule has 0 aliphatic rings. The second-order valence-corrected chi connectivity index (χ2v) is 6.59. The van der Waals surface area contributed by atoms with Gasteiger partial charge < -0.3 is 5.32 Å². The van der Waals surface area contributed by atoms with Crippen LogP contribution in [0.15, 0.2) is 41.8 Å². The van der Waals surface area contributed by atoms with E-state index < -0.39 is 0 Å². The minimum absolute atomic E-state index is 0.495. The lowest BCUT2D eigenvalue weighted by Crippen LogP contribution is -2.19. The molecule has 1 aromatic heterocycles. The first-order valence-corrected chi connectivity index (χ1v) is 8.26. The van der Waals surface area contributed by atoms with Gasteiger partial charge in [0.05, 0.1) is 0 Å². The van der Waals surface area contributed by atoms with Crippen LogP contribution in [0.3, 0.4) is 0 Å². The average molecular weight is 371 g/mol. The molecule has 2 rings (SSSR count). The Hall–Kier alpha value is -0.390. The summed E-state index contributed by atoms with van der Waals surface area (Å²) in [6.45, 7) is 3.19. The maximum atomic E-state index is 3.67. The first-order chi connectivity index (χ1) is 8.79. The zero-order valence-electron chi connectivity index (χ0n) is 10.5. The zero-order valence-corrected chi connectivity index (χ0v) is 13.5. The highest BCUT2D eigenvalue weighted by atomic mass is 127. The molecule has 0 saturated heterocycles. The van der Waals surface area contributed by atoms with Crippen molar-refractivity contribution in [2.75, 3.05) is 0 Å². The van der Waals surface area contributed by atoms with Gasteiger partial charge >= 0.3 is 0 Å². The molecule has 0 fully saturated rings. The van der Waals surface area contributed by atoms with Gasteiger partial charge in [-0.2, -0.15) is 0 Å². The highest BCUT2D eigenvalue weighted by Crippen LogP contribution is 2.23. The Labute approximate surface area is 127 Å². The molecule has 1 unspecified atom stereocenters. The monoisotopic (exact) mass is 371 g/mol. The summed E-state index contributed by atoms with van der Waals surface area (Å²) in [5.74, 6) is 0. The molecular weight excluding hydrogens is 353 g/mol. The second kappa shape index (κ2) is 7.26. The summed E-state index contributed by atoms with van der Waals surface area (Å²) in [7, 11) is 0. The van der Waals surface area contributed by atoms with Crippen LogP contribution in [0, 0.1) is 3.57 Å². The summed E-state index contributed by atoms with van der Waals surface area (Å²) in [6, 6.07) is 13.6. The van der Waals surface area contributed by atoms with E-state index in [4.69, 9.17) is 0 Å². The number of hydrogen-bond acceptors (Lipinski definition) is 2. The molecule has 18 heavy (non-hydrogen) atoms. The van der Waals surface area contributed by atoms with Crippen molar-refractivity contribution >= 4 is 33.9 Å². The van der Waals surface area contributed by atoms with E-state index in [1.54, 1.807) is 0 Å². The summed E-state index contributed by atoms with van der Waals surface area (Å²) in [6.07, 6.45) is 2.41. The van der Waals surface area contributed by atoms with Gasteiger partial charge in [0, 0.05) is 21.0 Å². The van der Waals surface area contributed by atoms with Crippen molar-refractivity contribution in [3.05, 3.63) is 55.8 Å². The van der Waals surface area contributed by atoms with Crippen molar-refractivity contribution in [1.82, 2.24) is 5.32 Å². The predicted molar refractivity (Wildman–Crippen MR) is 88.0 cm³/mol. The molecule has 96 valence electrons. The van der Waals surface area contributed by atoms with Crippen LogP contribution in [0.5, 0.6) is 0 Å². The molecule has 1 atom stereocenters. The van der Waals surface area contributed by atoms with E-state index in [1.807, 2.05) is 11.3 Å². The fourth-order valence-electron chi connectivity index (χ4n) is 1.97.